The quantitative estimate of drug-likeness (QED) is 0.909. The predicted molar refractivity (Wildman–Crippen MR) is 76.3 cm³/mol. The number of rotatable bonds is 5. The SMILES string of the molecule is Cc1ccc(N(CC(=O)O)Cc2ccc(F)cc2)cc1. The number of nitrogens with zero attached hydrogens (tertiary/aromatic N) is 1. The van der Waals surface area contributed by atoms with Crippen LogP contribution in [0.2, 0.25) is 0 Å². The van der Waals surface area contributed by atoms with E-state index in [1.165, 1.54) is 12.1 Å². The summed E-state index contributed by atoms with van der Waals surface area (Å²) in [6.45, 7) is 2.31. The second-order valence-corrected chi connectivity index (χ2v) is 4.71. The summed E-state index contributed by atoms with van der Waals surface area (Å²) >= 11 is 0. The first-order valence-electron chi connectivity index (χ1n) is 6.32. The largest absolute Gasteiger partial charge is 0.480 e. The van der Waals surface area contributed by atoms with Gasteiger partial charge in [0, 0.05) is 12.2 Å². The summed E-state index contributed by atoms with van der Waals surface area (Å²) in [4.78, 5) is 12.7. The van der Waals surface area contributed by atoms with E-state index in [4.69, 9.17) is 5.11 Å². The van der Waals surface area contributed by atoms with Crippen LogP contribution in [0.25, 0.3) is 0 Å². The lowest BCUT2D eigenvalue weighted by Crippen LogP contribution is -2.29. The van der Waals surface area contributed by atoms with Gasteiger partial charge in [0.2, 0.25) is 0 Å². The average molecular weight is 273 g/mol. The molecule has 20 heavy (non-hydrogen) atoms. The van der Waals surface area contributed by atoms with Crippen LogP contribution in [0.15, 0.2) is 48.5 Å². The predicted octanol–water partition coefficient (Wildman–Crippen LogP) is 3.23. The van der Waals surface area contributed by atoms with Crippen molar-refractivity contribution in [1.82, 2.24) is 0 Å². The molecule has 0 atom stereocenters. The van der Waals surface area contributed by atoms with E-state index in [1.807, 2.05) is 31.2 Å². The molecule has 0 saturated heterocycles. The molecule has 0 saturated carbocycles. The van der Waals surface area contributed by atoms with Crippen LogP contribution in [0, 0.1) is 12.7 Å². The first-order chi connectivity index (χ1) is 9.54. The Labute approximate surface area is 117 Å². The van der Waals surface area contributed by atoms with Gasteiger partial charge in [-0.25, -0.2) is 4.39 Å². The molecular formula is C16H16FNO2. The van der Waals surface area contributed by atoms with Crippen molar-refractivity contribution in [2.45, 2.75) is 13.5 Å². The molecule has 0 aliphatic rings. The molecule has 0 aromatic heterocycles. The second-order valence-electron chi connectivity index (χ2n) is 4.71. The zero-order valence-electron chi connectivity index (χ0n) is 11.2. The van der Waals surface area contributed by atoms with Gasteiger partial charge in [-0.2, -0.15) is 0 Å². The fourth-order valence-electron chi connectivity index (χ4n) is 1.97. The van der Waals surface area contributed by atoms with E-state index in [9.17, 15) is 9.18 Å². The fraction of sp³-hybridized carbons (Fsp3) is 0.188. The lowest BCUT2D eigenvalue weighted by molar-refractivity contribution is -0.135. The van der Waals surface area contributed by atoms with E-state index in [2.05, 4.69) is 0 Å². The molecule has 0 fully saturated rings. The third kappa shape index (κ3) is 3.82. The Balaban J connectivity index is 2.21. The summed E-state index contributed by atoms with van der Waals surface area (Å²) in [6.07, 6.45) is 0. The van der Waals surface area contributed by atoms with Crippen LogP contribution in [0.3, 0.4) is 0 Å². The van der Waals surface area contributed by atoms with Crippen molar-refractivity contribution in [3.63, 3.8) is 0 Å². The Hall–Kier alpha value is -2.36. The molecule has 0 heterocycles. The van der Waals surface area contributed by atoms with Gasteiger partial charge in [0.25, 0.3) is 0 Å². The van der Waals surface area contributed by atoms with Gasteiger partial charge in [-0.1, -0.05) is 29.8 Å². The summed E-state index contributed by atoms with van der Waals surface area (Å²) in [5.74, 6) is -1.19. The molecule has 1 N–H and O–H groups in total. The van der Waals surface area contributed by atoms with Gasteiger partial charge >= 0.3 is 5.97 Å². The van der Waals surface area contributed by atoms with Gasteiger partial charge in [-0.3, -0.25) is 4.79 Å². The van der Waals surface area contributed by atoms with E-state index in [-0.39, 0.29) is 12.4 Å². The number of benzene rings is 2. The molecule has 2 aromatic rings. The molecule has 3 nitrogen and oxygen atoms in total. The van der Waals surface area contributed by atoms with E-state index in [0.29, 0.717) is 6.54 Å². The molecule has 0 spiro atoms. The number of carbonyl (C=O) groups is 1. The minimum Gasteiger partial charge on any atom is -0.480 e. The standard InChI is InChI=1S/C16H16FNO2/c1-12-2-8-15(9-3-12)18(11-16(19)20)10-13-4-6-14(17)7-5-13/h2-9H,10-11H2,1H3,(H,19,20). The van der Waals surface area contributed by atoms with E-state index in [1.54, 1.807) is 17.0 Å². The van der Waals surface area contributed by atoms with Gasteiger partial charge in [0.1, 0.15) is 12.4 Å². The summed E-state index contributed by atoms with van der Waals surface area (Å²) < 4.78 is 12.9. The zero-order chi connectivity index (χ0) is 14.5. The maximum Gasteiger partial charge on any atom is 0.323 e. The molecule has 0 aliphatic heterocycles. The number of carboxylic acid groups (broad SMARTS) is 1. The summed E-state index contributed by atoms with van der Waals surface area (Å²) in [7, 11) is 0. The van der Waals surface area contributed by atoms with Crippen LogP contribution in [0.5, 0.6) is 0 Å². The molecule has 0 amide bonds. The van der Waals surface area contributed by atoms with Gasteiger partial charge in [0.05, 0.1) is 0 Å². The first kappa shape index (κ1) is 14.1. The van der Waals surface area contributed by atoms with Gasteiger partial charge in [-0.15, -0.1) is 0 Å². The van der Waals surface area contributed by atoms with Crippen LogP contribution >= 0.6 is 0 Å². The van der Waals surface area contributed by atoms with E-state index < -0.39 is 5.97 Å². The highest BCUT2D eigenvalue weighted by Crippen LogP contribution is 2.18. The molecule has 0 radical (unpaired) electrons. The molecule has 0 bridgehead atoms. The average Bonchev–Trinajstić information content (AvgIpc) is 2.41. The third-order valence-corrected chi connectivity index (χ3v) is 3.01. The number of aryl methyl sites for hydroxylation is 1. The minimum absolute atomic E-state index is 0.0968. The molecule has 4 heteroatoms. The third-order valence-electron chi connectivity index (χ3n) is 3.01. The Bertz CT molecular complexity index is 578. The minimum atomic E-state index is -0.896. The van der Waals surface area contributed by atoms with Crippen molar-refractivity contribution in [3.8, 4) is 0 Å². The first-order valence-corrected chi connectivity index (χ1v) is 6.32. The van der Waals surface area contributed by atoms with Crippen molar-refractivity contribution >= 4 is 11.7 Å². The van der Waals surface area contributed by atoms with Crippen molar-refractivity contribution in [1.29, 1.82) is 0 Å². The van der Waals surface area contributed by atoms with Crippen LogP contribution in [0.1, 0.15) is 11.1 Å². The number of carboxylic acids is 1. The molecule has 0 unspecified atom stereocenters. The van der Waals surface area contributed by atoms with Crippen molar-refractivity contribution in [2.24, 2.45) is 0 Å². The lowest BCUT2D eigenvalue weighted by atomic mass is 10.1. The normalized spacial score (nSPS) is 10.3. The van der Waals surface area contributed by atoms with Gasteiger partial charge in [-0.05, 0) is 36.8 Å². The topological polar surface area (TPSA) is 40.5 Å². The highest BCUT2D eigenvalue weighted by molar-refractivity contribution is 5.73. The maximum absolute atomic E-state index is 12.9. The van der Waals surface area contributed by atoms with Crippen molar-refractivity contribution in [2.75, 3.05) is 11.4 Å². The summed E-state index contributed by atoms with van der Waals surface area (Å²) in [5.41, 5.74) is 2.82. The Kier molecular flexibility index (Phi) is 4.35. The molecule has 104 valence electrons. The van der Waals surface area contributed by atoms with Crippen LogP contribution in [0.4, 0.5) is 10.1 Å². The summed E-state index contributed by atoms with van der Waals surface area (Å²) in [6, 6.07) is 13.7. The zero-order valence-corrected chi connectivity index (χ0v) is 11.2. The van der Waals surface area contributed by atoms with Crippen LogP contribution in [-0.4, -0.2) is 17.6 Å². The Morgan fingerprint density at radius 2 is 1.70 bits per heavy atom. The number of hydrogen-bond acceptors (Lipinski definition) is 2. The number of halogens is 1. The second kappa shape index (κ2) is 6.19. The monoisotopic (exact) mass is 273 g/mol. The van der Waals surface area contributed by atoms with E-state index >= 15 is 0 Å². The molecular weight excluding hydrogens is 257 g/mol. The molecule has 2 aromatic carbocycles. The highest BCUT2D eigenvalue weighted by atomic mass is 19.1. The van der Waals surface area contributed by atoms with E-state index in [0.717, 1.165) is 16.8 Å². The fourth-order valence-corrected chi connectivity index (χ4v) is 1.97. The van der Waals surface area contributed by atoms with Crippen LogP contribution < -0.4 is 4.90 Å². The molecule has 0 aliphatic carbocycles. The van der Waals surface area contributed by atoms with Crippen molar-refractivity contribution < 1.29 is 14.3 Å². The van der Waals surface area contributed by atoms with Gasteiger partial charge in [0.15, 0.2) is 0 Å². The van der Waals surface area contributed by atoms with Crippen molar-refractivity contribution in [3.05, 3.63) is 65.5 Å². The number of aliphatic carboxylic acids is 1. The number of hydrogen-bond donors (Lipinski definition) is 1. The van der Waals surface area contributed by atoms with Crippen LogP contribution in [-0.2, 0) is 11.3 Å². The number of anilines is 1. The highest BCUT2D eigenvalue weighted by Gasteiger charge is 2.11. The lowest BCUT2D eigenvalue weighted by Gasteiger charge is -2.23. The Morgan fingerprint density at radius 3 is 2.25 bits per heavy atom. The smallest absolute Gasteiger partial charge is 0.323 e. The maximum atomic E-state index is 12.9. The molecule has 2 rings (SSSR count). The summed E-state index contributed by atoms with van der Waals surface area (Å²) in [5, 5.41) is 9.02. The van der Waals surface area contributed by atoms with Gasteiger partial charge < -0.3 is 10.0 Å². The Morgan fingerprint density at radius 1 is 1.10 bits per heavy atom.